The summed E-state index contributed by atoms with van der Waals surface area (Å²) < 4.78 is 23.2. The summed E-state index contributed by atoms with van der Waals surface area (Å²) in [5.74, 6) is 1.27. The maximum Gasteiger partial charge on any atom is 0.150 e. The highest BCUT2D eigenvalue weighted by Crippen LogP contribution is 2.27. The Morgan fingerprint density at radius 3 is 2.24 bits per heavy atom. The number of nitrogens with one attached hydrogen (secondary N) is 1. The number of hydrogen-bond acceptors (Lipinski definition) is 3. The molecule has 21 heavy (non-hydrogen) atoms. The Bertz CT molecular complexity index is 357. The van der Waals surface area contributed by atoms with Crippen molar-refractivity contribution in [3.8, 4) is 0 Å². The van der Waals surface area contributed by atoms with Gasteiger partial charge in [0, 0.05) is 11.8 Å². The molecule has 4 heteroatoms. The first kappa shape index (κ1) is 20.9. The standard InChI is InChI=1S/C17H37NO2S/c1-7-11-18-16(10-9-12-21(19,20)8-2)13-15(3)14-17(4,5)6/h15-16,18H,7-14H2,1-6H3. The van der Waals surface area contributed by atoms with E-state index in [4.69, 9.17) is 0 Å². The molecule has 0 radical (unpaired) electrons. The maximum atomic E-state index is 11.6. The largest absolute Gasteiger partial charge is 0.314 e. The van der Waals surface area contributed by atoms with Crippen molar-refractivity contribution in [2.75, 3.05) is 18.1 Å². The van der Waals surface area contributed by atoms with Crippen LogP contribution in [0, 0.1) is 11.3 Å². The molecule has 0 fully saturated rings. The highest BCUT2D eigenvalue weighted by molar-refractivity contribution is 7.91. The van der Waals surface area contributed by atoms with Gasteiger partial charge in [-0.1, -0.05) is 41.5 Å². The van der Waals surface area contributed by atoms with Gasteiger partial charge in [-0.05, 0) is 50.0 Å². The van der Waals surface area contributed by atoms with Crippen molar-refractivity contribution >= 4 is 9.84 Å². The van der Waals surface area contributed by atoms with Crippen LogP contribution in [0.3, 0.4) is 0 Å². The average Bonchev–Trinajstić information content (AvgIpc) is 2.33. The molecule has 0 rings (SSSR count). The van der Waals surface area contributed by atoms with Crippen molar-refractivity contribution < 1.29 is 8.42 Å². The Hall–Kier alpha value is -0.0900. The minimum atomic E-state index is -2.82. The van der Waals surface area contributed by atoms with E-state index in [9.17, 15) is 8.42 Å². The van der Waals surface area contributed by atoms with Gasteiger partial charge in [-0.15, -0.1) is 0 Å². The first-order chi connectivity index (χ1) is 9.59. The number of sulfone groups is 1. The molecule has 0 aliphatic carbocycles. The quantitative estimate of drug-likeness (QED) is 0.625. The minimum Gasteiger partial charge on any atom is -0.314 e. The Balaban J connectivity index is 4.31. The fourth-order valence-electron chi connectivity index (χ4n) is 2.96. The van der Waals surface area contributed by atoms with Gasteiger partial charge in [0.15, 0.2) is 0 Å². The molecule has 0 aromatic heterocycles. The Kier molecular flexibility index (Phi) is 9.79. The second kappa shape index (κ2) is 9.83. The molecule has 3 nitrogen and oxygen atoms in total. The van der Waals surface area contributed by atoms with E-state index in [0.717, 1.165) is 32.2 Å². The number of rotatable bonds is 11. The van der Waals surface area contributed by atoms with Crippen LogP contribution >= 0.6 is 0 Å². The van der Waals surface area contributed by atoms with E-state index in [1.165, 1.54) is 6.42 Å². The van der Waals surface area contributed by atoms with Gasteiger partial charge in [0.1, 0.15) is 9.84 Å². The van der Waals surface area contributed by atoms with E-state index in [0.29, 0.717) is 23.1 Å². The molecule has 0 aromatic rings. The van der Waals surface area contributed by atoms with Crippen molar-refractivity contribution in [2.45, 2.75) is 79.7 Å². The third-order valence-corrected chi connectivity index (χ3v) is 5.57. The molecular formula is C17H37NO2S. The molecule has 0 saturated carbocycles. The molecule has 128 valence electrons. The van der Waals surface area contributed by atoms with Crippen molar-refractivity contribution in [3.63, 3.8) is 0 Å². The summed E-state index contributed by atoms with van der Waals surface area (Å²) in [6.45, 7) is 14.1. The highest BCUT2D eigenvalue weighted by Gasteiger charge is 2.19. The zero-order valence-corrected chi connectivity index (χ0v) is 15.9. The van der Waals surface area contributed by atoms with Crippen LogP contribution in [-0.2, 0) is 9.84 Å². The van der Waals surface area contributed by atoms with E-state index in [1.54, 1.807) is 6.92 Å². The van der Waals surface area contributed by atoms with E-state index >= 15 is 0 Å². The molecular weight excluding hydrogens is 282 g/mol. The van der Waals surface area contributed by atoms with Crippen LogP contribution in [0.15, 0.2) is 0 Å². The maximum absolute atomic E-state index is 11.6. The smallest absolute Gasteiger partial charge is 0.150 e. The van der Waals surface area contributed by atoms with Crippen molar-refractivity contribution in [1.29, 1.82) is 0 Å². The summed E-state index contributed by atoms with van der Waals surface area (Å²) in [6, 6.07) is 0.453. The molecule has 0 aliphatic rings. The molecule has 0 aliphatic heterocycles. The topological polar surface area (TPSA) is 46.2 Å². The summed E-state index contributed by atoms with van der Waals surface area (Å²) in [6.07, 6.45) is 5.22. The highest BCUT2D eigenvalue weighted by atomic mass is 32.2. The molecule has 2 atom stereocenters. The molecule has 0 heterocycles. The summed E-state index contributed by atoms with van der Waals surface area (Å²) in [7, 11) is -2.82. The van der Waals surface area contributed by atoms with Crippen LogP contribution in [0.5, 0.6) is 0 Å². The van der Waals surface area contributed by atoms with Crippen molar-refractivity contribution in [3.05, 3.63) is 0 Å². The summed E-state index contributed by atoms with van der Waals surface area (Å²) in [5.41, 5.74) is 0.361. The third-order valence-electron chi connectivity index (χ3n) is 3.78. The summed E-state index contributed by atoms with van der Waals surface area (Å²) in [5, 5.41) is 3.60. The lowest BCUT2D eigenvalue weighted by Crippen LogP contribution is -2.32. The Labute approximate surface area is 133 Å². The van der Waals surface area contributed by atoms with E-state index < -0.39 is 9.84 Å². The monoisotopic (exact) mass is 319 g/mol. The molecule has 0 saturated heterocycles. The molecule has 0 amide bonds. The zero-order valence-electron chi connectivity index (χ0n) is 15.0. The molecule has 1 N–H and O–H groups in total. The van der Waals surface area contributed by atoms with Gasteiger partial charge in [-0.2, -0.15) is 0 Å². The van der Waals surface area contributed by atoms with Gasteiger partial charge < -0.3 is 5.32 Å². The predicted octanol–water partition coefficient (Wildman–Crippen LogP) is 4.03. The van der Waals surface area contributed by atoms with Gasteiger partial charge >= 0.3 is 0 Å². The second-order valence-corrected chi connectivity index (χ2v) is 10.1. The van der Waals surface area contributed by atoms with E-state index in [1.807, 2.05) is 0 Å². The Morgan fingerprint density at radius 1 is 1.14 bits per heavy atom. The van der Waals surface area contributed by atoms with E-state index in [2.05, 4.69) is 39.9 Å². The lowest BCUT2D eigenvalue weighted by atomic mass is 9.82. The lowest BCUT2D eigenvalue weighted by molar-refractivity contribution is 0.270. The van der Waals surface area contributed by atoms with Crippen LogP contribution in [0.25, 0.3) is 0 Å². The first-order valence-electron chi connectivity index (χ1n) is 8.53. The van der Waals surface area contributed by atoms with Crippen LogP contribution < -0.4 is 5.32 Å². The van der Waals surface area contributed by atoms with Gasteiger partial charge in [0.25, 0.3) is 0 Å². The third kappa shape index (κ3) is 12.2. The van der Waals surface area contributed by atoms with Crippen LogP contribution in [0.4, 0.5) is 0 Å². The predicted molar refractivity (Wildman–Crippen MR) is 93.5 cm³/mol. The van der Waals surface area contributed by atoms with Gasteiger partial charge in [-0.3, -0.25) is 0 Å². The van der Waals surface area contributed by atoms with E-state index in [-0.39, 0.29) is 5.75 Å². The van der Waals surface area contributed by atoms with Crippen molar-refractivity contribution in [1.82, 2.24) is 5.32 Å². The first-order valence-corrected chi connectivity index (χ1v) is 10.4. The van der Waals surface area contributed by atoms with Gasteiger partial charge in [-0.25, -0.2) is 8.42 Å². The van der Waals surface area contributed by atoms with Crippen LogP contribution in [-0.4, -0.2) is 32.5 Å². The zero-order chi connectivity index (χ0) is 16.5. The molecule has 0 bridgehead atoms. The minimum absolute atomic E-state index is 0.264. The van der Waals surface area contributed by atoms with Gasteiger partial charge in [0.05, 0.1) is 5.75 Å². The van der Waals surface area contributed by atoms with Crippen molar-refractivity contribution in [2.24, 2.45) is 11.3 Å². The van der Waals surface area contributed by atoms with Crippen LogP contribution in [0.1, 0.15) is 73.6 Å². The SMILES string of the molecule is CCCNC(CCCS(=O)(=O)CC)CC(C)CC(C)(C)C. The molecule has 0 spiro atoms. The normalized spacial score (nSPS) is 15.9. The summed E-state index contributed by atoms with van der Waals surface area (Å²) in [4.78, 5) is 0. The second-order valence-electron chi connectivity index (χ2n) is 7.64. The molecule has 0 aromatic carbocycles. The number of hydrogen-bond donors (Lipinski definition) is 1. The summed E-state index contributed by atoms with van der Waals surface area (Å²) >= 11 is 0. The Morgan fingerprint density at radius 2 is 1.76 bits per heavy atom. The fraction of sp³-hybridized carbons (Fsp3) is 1.00. The average molecular weight is 320 g/mol. The lowest BCUT2D eigenvalue weighted by Gasteiger charge is -2.27. The van der Waals surface area contributed by atoms with Gasteiger partial charge in [0.2, 0.25) is 0 Å². The fourth-order valence-corrected chi connectivity index (χ4v) is 3.86. The molecule has 2 unspecified atom stereocenters. The van der Waals surface area contributed by atoms with Crippen LogP contribution in [0.2, 0.25) is 0 Å².